The Balaban J connectivity index is 1.82. The van der Waals surface area contributed by atoms with Crippen molar-refractivity contribution >= 4 is 11.5 Å². The Morgan fingerprint density at radius 1 is 1.10 bits per heavy atom. The normalized spacial score (nSPS) is 11.5. The van der Waals surface area contributed by atoms with E-state index in [1.807, 2.05) is 30.3 Å². The Morgan fingerprint density at radius 3 is 2.58 bits per heavy atom. The maximum atomic E-state index is 13.1. The molecule has 3 heterocycles. The average molecular weight is 428 g/mol. The summed E-state index contributed by atoms with van der Waals surface area (Å²) < 4.78 is 51.1. The molecule has 7 nitrogen and oxygen atoms in total. The molecule has 0 saturated heterocycles. The van der Waals surface area contributed by atoms with Crippen LogP contribution in [0.2, 0.25) is 0 Å². The SMILES string of the molecule is COC(=O)c1cnn2c(-c3ccnc(C(F)(F)F)n3)ccc(OCc3ccccc3)c12. The van der Waals surface area contributed by atoms with Crippen molar-refractivity contribution in [3.05, 3.63) is 77.9 Å². The van der Waals surface area contributed by atoms with E-state index in [0.717, 1.165) is 11.8 Å². The number of hydrogen-bond donors (Lipinski definition) is 0. The highest BCUT2D eigenvalue weighted by atomic mass is 19.4. The number of methoxy groups -OCH3 is 1. The van der Waals surface area contributed by atoms with E-state index in [-0.39, 0.29) is 29.1 Å². The van der Waals surface area contributed by atoms with Crippen LogP contribution in [0.4, 0.5) is 13.2 Å². The summed E-state index contributed by atoms with van der Waals surface area (Å²) in [6, 6.07) is 13.8. The van der Waals surface area contributed by atoms with Crippen molar-refractivity contribution in [3.63, 3.8) is 0 Å². The van der Waals surface area contributed by atoms with Gasteiger partial charge in [0.15, 0.2) is 0 Å². The van der Waals surface area contributed by atoms with Gasteiger partial charge < -0.3 is 9.47 Å². The Kier molecular flexibility index (Phi) is 5.28. The molecule has 0 unspecified atom stereocenters. The molecule has 0 amide bonds. The quantitative estimate of drug-likeness (QED) is 0.444. The number of esters is 1. The van der Waals surface area contributed by atoms with Crippen LogP contribution in [0.5, 0.6) is 5.75 Å². The summed E-state index contributed by atoms with van der Waals surface area (Å²) >= 11 is 0. The largest absolute Gasteiger partial charge is 0.487 e. The van der Waals surface area contributed by atoms with Crippen molar-refractivity contribution in [1.82, 2.24) is 19.6 Å². The summed E-state index contributed by atoms with van der Waals surface area (Å²) in [5, 5.41) is 4.17. The van der Waals surface area contributed by atoms with E-state index in [0.29, 0.717) is 5.75 Å². The first kappa shape index (κ1) is 20.3. The number of fused-ring (bicyclic) bond motifs is 1. The number of aromatic nitrogens is 4. The highest BCUT2D eigenvalue weighted by Gasteiger charge is 2.35. The van der Waals surface area contributed by atoms with Crippen molar-refractivity contribution < 1.29 is 27.4 Å². The topological polar surface area (TPSA) is 78.6 Å². The number of carbonyl (C=O) groups is 1. The van der Waals surface area contributed by atoms with E-state index < -0.39 is 18.0 Å². The molecule has 0 radical (unpaired) electrons. The number of rotatable bonds is 5. The third-order valence-electron chi connectivity index (χ3n) is 4.44. The van der Waals surface area contributed by atoms with Gasteiger partial charge in [0.2, 0.25) is 5.82 Å². The zero-order valence-corrected chi connectivity index (χ0v) is 16.1. The van der Waals surface area contributed by atoms with E-state index in [4.69, 9.17) is 9.47 Å². The molecule has 0 N–H and O–H groups in total. The van der Waals surface area contributed by atoms with Gasteiger partial charge in [-0.05, 0) is 23.8 Å². The van der Waals surface area contributed by atoms with Crippen LogP contribution in [0.25, 0.3) is 16.9 Å². The molecule has 31 heavy (non-hydrogen) atoms. The fraction of sp³-hybridized carbons (Fsp3) is 0.143. The molecule has 10 heteroatoms. The number of hydrogen-bond acceptors (Lipinski definition) is 6. The van der Waals surface area contributed by atoms with Crippen LogP contribution in [0.15, 0.2) is 60.9 Å². The number of alkyl halides is 3. The number of halogens is 3. The Morgan fingerprint density at radius 2 is 1.87 bits per heavy atom. The van der Waals surface area contributed by atoms with Gasteiger partial charge in [-0.15, -0.1) is 0 Å². The lowest BCUT2D eigenvalue weighted by atomic mass is 10.2. The molecular weight excluding hydrogens is 413 g/mol. The smallest absolute Gasteiger partial charge is 0.451 e. The lowest BCUT2D eigenvalue weighted by molar-refractivity contribution is -0.144. The third-order valence-corrected chi connectivity index (χ3v) is 4.44. The van der Waals surface area contributed by atoms with Crippen molar-refractivity contribution in [2.24, 2.45) is 0 Å². The van der Waals surface area contributed by atoms with Gasteiger partial charge >= 0.3 is 12.1 Å². The molecule has 0 fully saturated rings. The molecule has 0 aliphatic carbocycles. The lowest BCUT2D eigenvalue weighted by Gasteiger charge is -2.12. The van der Waals surface area contributed by atoms with Crippen molar-refractivity contribution in [2.75, 3.05) is 7.11 Å². The first-order valence-corrected chi connectivity index (χ1v) is 9.05. The molecule has 4 aromatic rings. The second-order valence-corrected chi connectivity index (χ2v) is 6.43. The number of ether oxygens (including phenoxy) is 2. The molecule has 4 rings (SSSR count). The maximum absolute atomic E-state index is 13.1. The minimum atomic E-state index is -4.70. The highest BCUT2D eigenvalue weighted by molar-refractivity contribution is 5.99. The van der Waals surface area contributed by atoms with Gasteiger partial charge in [0.25, 0.3) is 0 Å². The van der Waals surface area contributed by atoms with Gasteiger partial charge in [-0.1, -0.05) is 30.3 Å². The molecule has 1 aromatic carbocycles. The van der Waals surface area contributed by atoms with Crippen molar-refractivity contribution in [2.45, 2.75) is 12.8 Å². The van der Waals surface area contributed by atoms with Crippen LogP contribution < -0.4 is 4.74 Å². The van der Waals surface area contributed by atoms with Crippen LogP contribution in [-0.4, -0.2) is 32.7 Å². The Bertz CT molecular complexity index is 1240. The Hall–Kier alpha value is -3.95. The van der Waals surface area contributed by atoms with E-state index in [1.54, 1.807) is 6.07 Å². The highest BCUT2D eigenvalue weighted by Crippen LogP contribution is 2.32. The van der Waals surface area contributed by atoms with Crippen molar-refractivity contribution in [1.29, 1.82) is 0 Å². The number of carbonyl (C=O) groups excluding carboxylic acids is 1. The van der Waals surface area contributed by atoms with E-state index in [1.165, 1.54) is 30.0 Å². The third kappa shape index (κ3) is 4.04. The summed E-state index contributed by atoms with van der Waals surface area (Å²) in [5.41, 5.74) is 1.48. The van der Waals surface area contributed by atoms with Gasteiger partial charge in [-0.2, -0.15) is 18.3 Å². The first-order chi connectivity index (χ1) is 14.9. The zero-order valence-electron chi connectivity index (χ0n) is 16.1. The molecule has 0 spiro atoms. The molecule has 0 atom stereocenters. The summed E-state index contributed by atoms with van der Waals surface area (Å²) in [7, 11) is 1.22. The number of nitrogens with zero attached hydrogens (tertiary/aromatic N) is 4. The van der Waals surface area contributed by atoms with E-state index in [2.05, 4.69) is 15.1 Å². The molecule has 0 saturated carbocycles. The van der Waals surface area contributed by atoms with E-state index >= 15 is 0 Å². The number of pyridine rings is 1. The Labute approximate surface area is 174 Å². The van der Waals surface area contributed by atoms with Crippen LogP contribution in [0.3, 0.4) is 0 Å². The molecule has 0 aliphatic heterocycles. The second-order valence-electron chi connectivity index (χ2n) is 6.43. The van der Waals surface area contributed by atoms with Gasteiger partial charge in [0.1, 0.15) is 23.4 Å². The average Bonchev–Trinajstić information content (AvgIpc) is 3.22. The van der Waals surface area contributed by atoms with Gasteiger partial charge in [-0.25, -0.2) is 19.3 Å². The zero-order chi connectivity index (χ0) is 22.0. The summed E-state index contributed by atoms with van der Waals surface area (Å²) in [4.78, 5) is 19.1. The predicted octanol–water partition coefficient (Wildman–Crippen LogP) is 4.18. The fourth-order valence-electron chi connectivity index (χ4n) is 3.02. The van der Waals surface area contributed by atoms with Gasteiger partial charge in [-0.3, -0.25) is 0 Å². The van der Waals surface area contributed by atoms with Crippen LogP contribution in [-0.2, 0) is 17.5 Å². The molecular formula is C21H15F3N4O3. The van der Waals surface area contributed by atoms with Crippen LogP contribution >= 0.6 is 0 Å². The second kappa shape index (κ2) is 8.05. The lowest BCUT2D eigenvalue weighted by Crippen LogP contribution is -2.11. The molecule has 0 bridgehead atoms. The summed E-state index contributed by atoms with van der Waals surface area (Å²) in [6.07, 6.45) is -2.41. The van der Waals surface area contributed by atoms with Gasteiger partial charge in [0.05, 0.1) is 24.7 Å². The number of benzene rings is 1. The predicted molar refractivity (Wildman–Crippen MR) is 103 cm³/mol. The molecule has 158 valence electrons. The van der Waals surface area contributed by atoms with Crippen molar-refractivity contribution in [3.8, 4) is 17.1 Å². The van der Waals surface area contributed by atoms with E-state index in [9.17, 15) is 18.0 Å². The monoisotopic (exact) mass is 428 g/mol. The first-order valence-electron chi connectivity index (χ1n) is 9.05. The minimum absolute atomic E-state index is 0.0125. The van der Waals surface area contributed by atoms with Crippen LogP contribution in [0.1, 0.15) is 21.7 Å². The summed E-state index contributed by atoms with van der Waals surface area (Å²) in [5.74, 6) is -1.62. The molecule has 3 aromatic heterocycles. The van der Waals surface area contributed by atoms with Gasteiger partial charge in [0, 0.05) is 6.20 Å². The fourth-order valence-corrected chi connectivity index (χ4v) is 3.02. The maximum Gasteiger partial charge on any atom is 0.451 e. The minimum Gasteiger partial charge on any atom is -0.487 e. The standard InChI is InChI=1S/C21H15F3N4O3/c1-30-19(29)14-11-26-28-16(15-9-10-25-20(27-15)21(22,23)24)7-8-17(18(14)28)31-12-13-5-3-2-4-6-13/h2-11H,12H2,1H3. The summed E-state index contributed by atoms with van der Waals surface area (Å²) in [6.45, 7) is 0.216. The molecule has 0 aliphatic rings. The van der Waals surface area contributed by atoms with Crippen LogP contribution in [0, 0.1) is 0 Å².